The van der Waals surface area contributed by atoms with E-state index in [2.05, 4.69) is 142 Å². The lowest BCUT2D eigenvalue weighted by atomic mass is 9.97. The van der Waals surface area contributed by atoms with Crippen molar-refractivity contribution in [3.8, 4) is 33.9 Å². The Balaban J connectivity index is 1.05. The summed E-state index contributed by atoms with van der Waals surface area (Å²) in [4.78, 5) is 21.3. The molecule has 0 fully saturated rings. The minimum absolute atomic E-state index is 0.703. The number of rotatable bonds is 6. The number of para-hydroxylation sites is 2. The topological polar surface area (TPSA) is 54.8 Å². The summed E-state index contributed by atoms with van der Waals surface area (Å²) in [6.07, 6.45) is 3.78. The quantitative estimate of drug-likeness (QED) is 0.164. The number of fused-ring (bicyclic) bond motifs is 5. The predicted molar refractivity (Wildman–Crippen MR) is 219 cm³/mol. The molecule has 10 aromatic rings. The maximum Gasteiger partial charge on any atom is 0.159 e. The zero-order chi connectivity index (χ0) is 35.1. The van der Waals surface area contributed by atoms with E-state index in [0.717, 1.165) is 50.0 Å². The Morgan fingerprint density at radius 1 is 0.321 bits per heavy atom. The number of nitrogens with zero attached hydrogens (tertiary/aromatic N) is 5. The summed E-state index contributed by atoms with van der Waals surface area (Å²) < 4.78 is 0. The van der Waals surface area contributed by atoms with Gasteiger partial charge in [-0.1, -0.05) is 97.1 Å². The third-order valence-corrected chi connectivity index (χ3v) is 9.93. The fourth-order valence-corrected chi connectivity index (χ4v) is 7.20. The molecule has 0 bridgehead atoms. The molecule has 0 radical (unpaired) electrons. The fraction of sp³-hybridized carbons (Fsp3) is 0. The van der Waals surface area contributed by atoms with Crippen LogP contribution in [0.3, 0.4) is 0 Å². The number of benzene rings is 8. The van der Waals surface area contributed by atoms with E-state index in [-0.39, 0.29) is 0 Å². The van der Waals surface area contributed by atoms with Crippen molar-refractivity contribution in [2.75, 3.05) is 4.90 Å². The molecule has 0 aliphatic carbocycles. The van der Waals surface area contributed by atoms with E-state index in [0.29, 0.717) is 11.6 Å². The Labute approximate surface area is 306 Å². The van der Waals surface area contributed by atoms with Gasteiger partial charge in [0, 0.05) is 51.4 Å². The van der Waals surface area contributed by atoms with Crippen molar-refractivity contribution in [1.29, 1.82) is 0 Å². The lowest BCUT2D eigenvalue weighted by Crippen LogP contribution is -2.10. The SMILES string of the molecule is c1ccc(-c2ccc3c(ccc4cc(N(c5ccc(-c6ncc7ccccc7n6)cc5)c5ccc(-c6ncc7ccccc7n6)cc5)ccc43)c2)cc1. The summed E-state index contributed by atoms with van der Waals surface area (Å²) in [5, 5.41) is 6.91. The van der Waals surface area contributed by atoms with Crippen LogP contribution in [0.25, 0.3) is 77.3 Å². The van der Waals surface area contributed by atoms with Gasteiger partial charge < -0.3 is 4.90 Å². The molecule has 2 heterocycles. The lowest BCUT2D eigenvalue weighted by Gasteiger charge is -2.26. The highest BCUT2D eigenvalue weighted by Gasteiger charge is 2.16. The van der Waals surface area contributed by atoms with Gasteiger partial charge in [-0.15, -0.1) is 0 Å². The Bertz CT molecular complexity index is 2820. The summed E-state index contributed by atoms with van der Waals surface area (Å²) >= 11 is 0. The molecule has 0 spiro atoms. The monoisotopic (exact) mass is 677 g/mol. The van der Waals surface area contributed by atoms with Crippen LogP contribution in [-0.2, 0) is 0 Å². The van der Waals surface area contributed by atoms with E-state index in [4.69, 9.17) is 9.97 Å². The molecule has 0 aliphatic heterocycles. The minimum Gasteiger partial charge on any atom is -0.310 e. The van der Waals surface area contributed by atoms with Crippen LogP contribution in [0.4, 0.5) is 17.1 Å². The normalized spacial score (nSPS) is 11.4. The standard InChI is InChI=1S/C48H31N5/c1-2-8-32(9-3-1)35-20-26-43-36(28-35)14-15-37-29-42(25-27-44(37)43)53(40-21-16-33(17-22-40)47-49-30-38-10-4-6-12-45(38)51-47)41-23-18-34(19-24-41)48-50-31-39-11-5-7-13-46(39)52-48/h1-31H. The molecule has 5 nitrogen and oxygen atoms in total. The molecule has 5 heteroatoms. The van der Waals surface area contributed by atoms with Gasteiger partial charge in [0.15, 0.2) is 11.6 Å². The van der Waals surface area contributed by atoms with E-state index in [1.165, 1.54) is 32.7 Å². The van der Waals surface area contributed by atoms with Crippen molar-refractivity contribution < 1.29 is 0 Å². The molecule has 0 amide bonds. The molecule has 0 unspecified atom stereocenters. The van der Waals surface area contributed by atoms with Gasteiger partial charge in [0.05, 0.1) is 11.0 Å². The van der Waals surface area contributed by atoms with Crippen LogP contribution < -0.4 is 4.90 Å². The maximum atomic E-state index is 4.84. The molecule has 10 rings (SSSR count). The number of hydrogen-bond donors (Lipinski definition) is 0. The van der Waals surface area contributed by atoms with Crippen LogP contribution in [0.15, 0.2) is 188 Å². The van der Waals surface area contributed by atoms with Crippen molar-refractivity contribution in [3.05, 3.63) is 188 Å². The van der Waals surface area contributed by atoms with E-state index in [1.807, 2.05) is 60.9 Å². The molecular weight excluding hydrogens is 647 g/mol. The van der Waals surface area contributed by atoms with Gasteiger partial charge in [0.2, 0.25) is 0 Å². The van der Waals surface area contributed by atoms with Crippen molar-refractivity contribution in [3.63, 3.8) is 0 Å². The van der Waals surface area contributed by atoms with Crippen molar-refractivity contribution in [1.82, 2.24) is 19.9 Å². The van der Waals surface area contributed by atoms with Gasteiger partial charge in [0.1, 0.15) is 0 Å². The van der Waals surface area contributed by atoms with Crippen LogP contribution in [0.5, 0.6) is 0 Å². The Hall–Kier alpha value is -7.24. The van der Waals surface area contributed by atoms with Gasteiger partial charge in [-0.2, -0.15) is 0 Å². The Kier molecular flexibility index (Phi) is 7.40. The summed E-state index contributed by atoms with van der Waals surface area (Å²) in [5.74, 6) is 1.41. The molecule has 0 saturated heterocycles. The second-order valence-corrected chi connectivity index (χ2v) is 13.2. The molecule has 0 N–H and O–H groups in total. The average Bonchev–Trinajstić information content (AvgIpc) is 3.24. The largest absolute Gasteiger partial charge is 0.310 e. The highest BCUT2D eigenvalue weighted by molar-refractivity contribution is 6.09. The first kappa shape index (κ1) is 30.6. The third kappa shape index (κ3) is 5.71. The van der Waals surface area contributed by atoms with Crippen molar-refractivity contribution in [2.24, 2.45) is 0 Å². The van der Waals surface area contributed by atoms with Gasteiger partial charge >= 0.3 is 0 Å². The van der Waals surface area contributed by atoms with E-state index < -0.39 is 0 Å². The first-order valence-corrected chi connectivity index (χ1v) is 17.7. The van der Waals surface area contributed by atoms with Crippen LogP contribution in [-0.4, -0.2) is 19.9 Å². The number of hydrogen-bond acceptors (Lipinski definition) is 5. The van der Waals surface area contributed by atoms with Crippen LogP contribution >= 0.6 is 0 Å². The third-order valence-electron chi connectivity index (χ3n) is 9.93. The van der Waals surface area contributed by atoms with Gasteiger partial charge in [-0.05, 0) is 112 Å². The highest BCUT2D eigenvalue weighted by Crippen LogP contribution is 2.39. The van der Waals surface area contributed by atoms with Crippen molar-refractivity contribution in [2.45, 2.75) is 0 Å². The molecule has 0 saturated carbocycles. The highest BCUT2D eigenvalue weighted by atomic mass is 15.1. The minimum atomic E-state index is 0.703. The summed E-state index contributed by atoms with van der Waals surface area (Å²) in [7, 11) is 0. The molecule has 0 aliphatic rings. The van der Waals surface area contributed by atoms with E-state index in [1.54, 1.807) is 0 Å². The summed E-state index contributed by atoms with van der Waals surface area (Å²) in [6.45, 7) is 0. The maximum absolute atomic E-state index is 4.84. The summed E-state index contributed by atoms with van der Waals surface area (Å²) in [6, 6.07) is 61.6. The van der Waals surface area contributed by atoms with Gasteiger partial charge in [-0.25, -0.2) is 19.9 Å². The average molecular weight is 678 g/mol. The van der Waals surface area contributed by atoms with Crippen LogP contribution in [0, 0.1) is 0 Å². The number of anilines is 3. The molecule has 248 valence electrons. The predicted octanol–water partition coefficient (Wildman–Crippen LogP) is 12.4. The van der Waals surface area contributed by atoms with E-state index >= 15 is 0 Å². The smallest absolute Gasteiger partial charge is 0.159 e. The summed E-state index contributed by atoms with van der Waals surface area (Å²) in [5.41, 5.74) is 9.33. The van der Waals surface area contributed by atoms with Gasteiger partial charge in [-0.3, -0.25) is 0 Å². The first-order valence-electron chi connectivity index (χ1n) is 17.7. The Morgan fingerprint density at radius 3 is 1.38 bits per heavy atom. The molecule has 53 heavy (non-hydrogen) atoms. The molecule has 2 aromatic heterocycles. The fourth-order valence-electron chi connectivity index (χ4n) is 7.20. The van der Waals surface area contributed by atoms with Gasteiger partial charge in [0.25, 0.3) is 0 Å². The van der Waals surface area contributed by atoms with Crippen LogP contribution in [0.1, 0.15) is 0 Å². The van der Waals surface area contributed by atoms with Crippen LogP contribution in [0.2, 0.25) is 0 Å². The molecule has 0 atom stereocenters. The first-order chi connectivity index (χ1) is 26.2. The Morgan fingerprint density at radius 2 is 0.792 bits per heavy atom. The zero-order valence-corrected chi connectivity index (χ0v) is 28.6. The molecular formula is C48H31N5. The van der Waals surface area contributed by atoms with Crippen molar-refractivity contribution >= 4 is 60.4 Å². The zero-order valence-electron chi connectivity index (χ0n) is 28.6. The van der Waals surface area contributed by atoms with E-state index in [9.17, 15) is 0 Å². The second kappa shape index (κ2) is 12.8. The number of aromatic nitrogens is 4. The molecule has 8 aromatic carbocycles. The lowest BCUT2D eigenvalue weighted by molar-refractivity contribution is 1.22. The second-order valence-electron chi connectivity index (χ2n) is 13.2.